The highest BCUT2D eigenvalue weighted by molar-refractivity contribution is 5.03. The van der Waals surface area contributed by atoms with Crippen LogP contribution in [0.5, 0.6) is 0 Å². The second kappa shape index (κ2) is 4.12. The molecule has 1 N–H and O–H groups in total. The van der Waals surface area contributed by atoms with Crippen molar-refractivity contribution in [1.29, 1.82) is 0 Å². The molecule has 2 rings (SSSR count). The highest BCUT2D eigenvalue weighted by Gasteiger charge is 2.57. The van der Waals surface area contributed by atoms with Crippen LogP contribution in [0.2, 0.25) is 0 Å². The Bertz CT molecular complexity index is 290. The third-order valence-corrected chi connectivity index (χ3v) is 4.49. The van der Waals surface area contributed by atoms with Gasteiger partial charge >= 0.3 is 6.18 Å². The van der Waals surface area contributed by atoms with Crippen molar-refractivity contribution in [2.75, 3.05) is 6.54 Å². The Balaban J connectivity index is 2.17. The predicted octanol–water partition coefficient (Wildman–Crippen LogP) is 2.56. The van der Waals surface area contributed by atoms with E-state index in [9.17, 15) is 18.3 Å². The van der Waals surface area contributed by atoms with E-state index in [0.717, 1.165) is 12.8 Å². The van der Waals surface area contributed by atoms with E-state index in [1.54, 1.807) is 13.8 Å². The van der Waals surface area contributed by atoms with Gasteiger partial charge in [-0.15, -0.1) is 0 Å². The van der Waals surface area contributed by atoms with Crippen molar-refractivity contribution in [2.45, 2.75) is 63.4 Å². The zero-order valence-electron chi connectivity index (χ0n) is 10.3. The molecule has 0 amide bonds. The van der Waals surface area contributed by atoms with E-state index in [4.69, 9.17) is 0 Å². The molecule has 0 radical (unpaired) electrons. The van der Waals surface area contributed by atoms with Gasteiger partial charge in [0.2, 0.25) is 0 Å². The van der Waals surface area contributed by atoms with Gasteiger partial charge in [-0.2, -0.15) is 13.2 Å². The molecule has 1 aliphatic carbocycles. The summed E-state index contributed by atoms with van der Waals surface area (Å²) in [5, 5.41) is 9.85. The van der Waals surface area contributed by atoms with Gasteiger partial charge in [0.15, 0.2) is 0 Å². The van der Waals surface area contributed by atoms with Crippen LogP contribution >= 0.6 is 0 Å². The van der Waals surface area contributed by atoms with Gasteiger partial charge in [0.1, 0.15) is 0 Å². The maximum absolute atomic E-state index is 12.9. The minimum Gasteiger partial charge on any atom is -0.391 e. The van der Waals surface area contributed by atoms with Crippen LogP contribution in [0.25, 0.3) is 0 Å². The number of rotatable bonds is 1. The molecule has 3 unspecified atom stereocenters. The van der Waals surface area contributed by atoms with Gasteiger partial charge in [0.05, 0.1) is 12.0 Å². The van der Waals surface area contributed by atoms with E-state index < -0.39 is 23.7 Å². The molecule has 17 heavy (non-hydrogen) atoms. The van der Waals surface area contributed by atoms with Crippen LogP contribution in [0.4, 0.5) is 13.2 Å². The standard InChI is InChI=1S/C12H20F3NO/c1-11(2)10(12(13,14)15)6-7-16(11)8-4-3-5-9(8)17/h8-10,17H,3-7H2,1-2H3. The van der Waals surface area contributed by atoms with E-state index in [1.807, 2.05) is 4.90 Å². The molecule has 2 nitrogen and oxygen atoms in total. The molecule has 100 valence electrons. The Morgan fingerprint density at radius 1 is 1.18 bits per heavy atom. The number of aliphatic hydroxyl groups is 1. The van der Waals surface area contributed by atoms with Gasteiger partial charge in [0.25, 0.3) is 0 Å². The highest BCUT2D eigenvalue weighted by Crippen LogP contribution is 2.47. The molecule has 2 aliphatic rings. The van der Waals surface area contributed by atoms with Crippen LogP contribution in [0.15, 0.2) is 0 Å². The number of hydrogen-bond acceptors (Lipinski definition) is 2. The van der Waals surface area contributed by atoms with Crippen molar-refractivity contribution >= 4 is 0 Å². The summed E-state index contributed by atoms with van der Waals surface area (Å²) in [5.41, 5.74) is -0.895. The van der Waals surface area contributed by atoms with Crippen molar-refractivity contribution in [3.63, 3.8) is 0 Å². The summed E-state index contributed by atoms with van der Waals surface area (Å²) in [7, 11) is 0. The van der Waals surface area contributed by atoms with Crippen molar-refractivity contribution < 1.29 is 18.3 Å². The van der Waals surface area contributed by atoms with Crippen molar-refractivity contribution in [3.05, 3.63) is 0 Å². The number of aliphatic hydroxyl groups excluding tert-OH is 1. The lowest BCUT2D eigenvalue weighted by molar-refractivity contribution is -0.194. The molecule has 0 aromatic heterocycles. The largest absolute Gasteiger partial charge is 0.393 e. The molecule has 0 aromatic carbocycles. The van der Waals surface area contributed by atoms with Crippen LogP contribution in [-0.2, 0) is 0 Å². The zero-order chi connectivity index (χ0) is 12.8. The quantitative estimate of drug-likeness (QED) is 0.774. The molecular formula is C12H20F3NO. The lowest BCUT2D eigenvalue weighted by Gasteiger charge is -2.41. The third kappa shape index (κ3) is 2.19. The van der Waals surface area contributed by atoms with Gasteiger partial charge < -0.3 is 5.11 Å². The second-order valence-corrected chi connectivity index (χ2v) is 5.80. The molecule has 1 aliphatic heterocycles. The Morgan fingerprint density at radius 2 is 1.82 bits per heavy atom. The molecule has 2 fully saturated rings. The maximum Gasteiger partial charge on any atom is 0.393 e. The smallest absolute Gasteiger partial charge is 0.391 e. The first-order chi connectivity index (χ1) is 7.74. The van der Waals surface area contributed by atoms with Crippen LogP contribution in [0, 0.1) is 5.92 Å². The molecule has 0 aromatic rings. The van der Waals surface area contributed by atoms with E-state index in [1.165, 1.54) is 0 Å². The summed E-state index contributed by atoms with van der Waals surface area (Å²) in [5.74, 6) is -1.28. The molecule has 5 heteroatoms. The van der Waals surface area contributed by atoms with Crippen molar-refractivity contribution in [2.24, 2.45) is 5.92 Å². The topological polar surface area (TPSA) is 23.5 Å². The van der Waals surface area contributed by atoms with Gasteiger partial charge in [-0.1, -0.05) is 0 Å². The average Bonchev–Trinajstić information content (AvgIpc) is 2.67. The summed E-state index contributed by atoms with van der Waals surface area (Å²) in [6, 6.07) is -0.0858. The van der Waals surface area contributed by atoms with Crippen LogP contribution < -0.4 is 0 Å². The van der Waals surface area contributed by atoms with E-state index in [-0.39, 0.29) is 12.5 Å². The number of alkyl halides is 3. The fourth-order valence-electron chi connectivity index (χ4n) is 3.55. The van der Waals surface area contributed by atoms with Crippen LogP contribution in [0.1, 0.15) is 39.5 Å². The van der Waals surface area contributed by atoms with Gasteiger partial charge in [-0.25, -0.2) is 0 Å². The third-order valence-electron chi connectivity index (χ3n) is 4.49. The average molecular weight is 251 g/mol. The lowest BCUT2D eigenvalue weighted by atomic mass is 9.87. The molecule has 1 saturated carbocycles. The molecule has 0 spiro atoms. The van der Waals surface area contributed by atoms with E-state index in [2.05, 4.69) is 0 Å². The number of halogens is 3. The lowest BCUT2D eigenvalue weighted by Crippen LogP contribution is -2.53. The summed E-state index contributed by atoms with van der Waals surface area (Å²) in [4.78, 5) is 1.88. The van der Waals surface area contributed by atoms with Crippen molar-refractivity contribution in [1.82, 2.24) is 4.90 Å². The predicted molar refractivity (Wildman–Crippen MR) is 58.6 cm³/mol. The number of nitrogens with zero attached hydrogens (tertiary/aromatic N) is 1. The first-order valence-electron chi connectivity index (χ1n) is 6.26. The Hall–Kier alpha value is -0.290. The van der Waals surface area contributed by atoms with Gasteiger partial charge in [0, 0.05) is 11.6 Å². The maximum atomic E-state index is 12.9. The second-order valence-electron chi connectivity index (χ2n) is 5.80. The summed E-state index contributed by atoms with van der Waals surface area (Å²) < 4.78 is 38.8. The van der Waals surface area contributed by atoms with Crippen LogP contribution in [0.3, 0.4) is 0 Å². The van der Waals surface area contributed by atoms with Crippen LogP contribution in [-0.4, -0.2) is 40.4 Å². The first kappa shape index (κ1) is 13.1. The summed E-state index contributed by atoms with van der Waals surface area (Å²) >= 11 is 0. The summed E-state index contributed by atoms with van der Waals surface area (Å²) in [6.45, 7) is 3.76. The highest BCUT2D eigenvalue weighted by atomic mass is 19.4. The number of likely N-dealkylation sites (tertiary alicyclic amines) is 1. The number of hydrogen-bond donors (Lipinski definition) is 1. The Morgan fingerprint density at radius 3 is 2.24 bits per heavy atom. The van der Waals surface area contributed by atoms with Gasteiger partial charge in [-0.3, -0.25) is 4.90 Å². The molecule has 1 saturated heterocycles. The molecule has 0 bridgehead atoms. The minimum absolute atomic E-state index is 0.0858. The van der Waals surface area contributed by atoms with E-state index >= 15 is 0 Å². The van der Waals surface area contributed by atoms with E-state index in [0.29, 0.717) is 13.0 Å². The zero-order valence-corrected chi connectivity index (χ0v) is 10.3. The Kier molecular flexibility index (Phi) is 3.19. The molecule has 3 atom stereocenters. The fraction of sp³-hybridized carbons (Fsp3) is 1.00. The fourth-order valence-corrected chi connectivity index (χ4v) is 3.55. The molecular weight excluding hydrogens is 231 g/mol. The summed E-state index contributed by atoms with van der Waals surface area (Å²) in [6.07, 6.45) is -2.00. The Labute approximate surface area is 99.8 Å². The van der Waals surface area contributed by atoms with Gasteiger partial charge in [-0.05, 0) is 46.1 Å². The minimum atomic E-state index is -4.14. The normalized spacial score (nSPS) is 38.8. The first-order valence-corrected chi connectivity index (χ1v) is 6.26. The van der Waals surface area contributed by atoms with Crippen molar-refractivity contribution in [3.8, 4) is 0 Å². The monoisotopic (exact) mass is 251 g/mol. The SMILES string of the molecule is CC1(C)C(C(F)(F)F)CCN1C1CCCC1O. The molecule has 1 heterocycles.